The number of hydrogen-bond donors (Lipinski definition) is 3. The van der Waals surface area contributed by atoms with Crippen LogP contribution < -0.4 is 15.8 Å². The van der Waals surface area contributed by atoms with Gasteiger partial charge in [-0.15, -0.1) is 0 Å². The molecule has 142 valence electrons. The number of sulfonamides is 1. The van der Waals surface area contributed by atoms with Crippen molar-refractivity contribution in [3.8, 4) is 0 Å². The molecule has 0 aromatic heterocycles. The number of aliphatic imine (C=N–C) groups is 1. The van der Waals surface area contributed by atoms with Crippen LogP contribution in [-0.2, 0) is 10.0 Å². The van der Waals surface area contributed by atoms with E-state index in [1.807, 2.05) is 6.92 Å². The number of benzene rings is 1. The van der Waals surface area contributed by atoms with Gasteiger partial charge in [0.1, 0.15) is 0 Å². The third-order valence-electron chi connectivity index (χ3n) is 3.83. The highest BCUT2D eigenvalue weighted by atomic mass is 32.2. The van der Waals surface area contributed by atoms with Crippen LogP contribution in [0.2, 0.25) is 0 Å². The van der Waals surface area contributed by atoms with Gasteiger partial charge in [-0.3, -0.25) is 4.99 Å². The number of aryl methyl sites for hydroxylation is 1. The molecular weight excluding hydrogens is 336 g/mol. The van der Waals surface area contributed by atoms with Gasteiger partial charge in [0.15, 0.2) is 5.96 Å². The summed E-state index contributed by atoms with van der Waals surface area (Å²) in [6, 6.07) is 6.99. The molecule has 0 amide bonds. The van der Waals surface area contributed by atoms with E-state index in [4.69, 9.17) is 5.73 Å². The first-order valence-electron chi connectivity index (χ1n) is 8.83. The van der Waals surface area contributed by atoms with E-state index in [2.05, 4.69) is 35.8 Å². The van der Waals surface area contributed by atoms with Gasteiger partial charge in [-0.05, 0) is 38.3 Å². The van der Waals surface area contributed by atoms with Gasteiger partial charge < -0.3 is 11.1 Å². The molecule has 6 nitrogen and oxygen atoms in total. The van der Waals surface area contributed by atoms with Crippen molar-refractivity contribution >= 4 is 16.0 Å². The minimum absolute atomic E-state index is 0.209. The quantitative estimate of drug-likeness (QED) is 0.336. The van der Waals surface area contributed by atoms with Crippen molar-refractivity contribution in [1.29, 1.82) is 0 Å². The molecule has 1 atom stereocenters. The molecule has 0 saturated heterocycles. The standard InChI is InChI=1S/C18H32N4O2S/c1-14(2)6-5-7-16(4)22-18(19)20-12-13-21-25(23,24)17-10-8-15(3)9-11-17/h8-11,14,16,21H,5-7,12-13H2,1-4H3,(H3,19,20,22). The van der Waals surface area contributed by atoms with Crippen LogP contribution in [0.15, 0.2) is 34.2 Å². The Bertz CT molecular complexity index is 640. The predicted octanol–water partition coefficient (Wildman–Crippen LogP) is 2.39. The van der Waals surface area contributed by atoms with E-state index in [0.717, 1.165) is 18.4 Å². The molecule has 0 aliphatic rings. The van der Waals surface area contributed by atoms with Gasteiger partial charge in [-0.25, -0.2) is 13.1 Å². The minimum atomic E-state index is -3.50. The van der Waals surface area contributed by atoms with Crippen LogP contribution in [-0.4, -0.2) is 33.5 Å². The van der Waals surface area contributed by atoms with Gasteiger partial charge in [-0.1, -0.05) is 44.4 Å². The van der Waals surface area contributed by atoms with Gasteiger partial charge in [0, 0.05) is 12.6 Å². The lowest BCUT2D eigenvalue weighted by Gasteiger charge is -2.15. The first kappa shape index (κ1) is 21.4. The lowest BCUT2D eigenvalue weighted by molar-refractivity contribution is 0.493. The highest BCUT2D eigenvalue weighted by Gasteiger charge is 2.12. The van der Waals surface area contributed by atoms with E-state index in [1.165, 1.54) is 6.42 Å². The topological polar surface area (TPSA) is 96.6 Å². The summed E-state index contributed by atoms with van der Waals surface area (Å²) in [6.07, 6.45) is 3.38. The molecule has 0 aliphatic heterocycles. The largest absolute Gasteiger partial charge is 0.370 e. The summed E-state index contributed by atoms with van der Waals surface area (Å²) in [5, 5.41) is 3.14. The van der Waals surface area contributed by atoms with Gasteiger partial charge in [0.2, 0.25) is 10.0 Å². The SMILES string of the molecule is Cc1ccc(S(=O)(=O)NCCN=C(N)NC(C)CCCC(C)C)cc1. The number of hydrogen-bond acceptors (Lipinski definition) is 3. The maximum absolute atomic E-state index is 12.1. The van der Waals surface area contributed by atoms with E-state index < -0.39 is 10.0 Å². The van der Waals surface area contributed by atoms with Crippen molar-refractivity contribution in [3.63, 3.8) is 0 Å². The van der Waals surface area contributed by atoms with E-state index in [9.17, 15) is 8.42 Å². The molecule has 1 aromatic carbocycles. The van der Waals surface area contributed by atoms with E-state index in [-0.39, 0.29) is 17.5 Å². The maximum Gasteiger partial charge on any atom is 0.240 e. The number of nitrogens with one attached hydrogen (secondary N) is 2. The molecule has 0 heterocycles. The smallest absolute Gasteiger partial charge is 0.240 e. The van der Waals surface area contributed by atoms with Crippen LogP contribution in [0.3, 0.4) is 0 Å². The summed E-state index contributed by atoms with van der Waals surface area (Å²) in [5.41, 5.74) is 6.86. The van der Waals surface area contributed by atoms with Gasteiger partial charge >= 0.3 is 0 Å². The van der Waals surface area contributed by atoms with E-state index in [1.54, 1.807) is 24.3 Å². The molecule has 0 fully saturated rings. The Balaban J connectivity index is 2.35. The third kappa shape index (κ3) is 8.88. The summed E-state index contributed by atoms with van der Waals surface area (Å²) in [5.74, 6) is 1.06. The Hall–Kier alpha value is -1.60. The second-order valence-corrected chi connectivity index (χ2v) is 8.61. The Kier molecular flexibility index (Phi) is 8.92. The highest BCUT2D eigenvalue weighted by molar-refractivity contribution is 7.89. The molecular formula is C18H32N4O2S. The number of nitrogens with two attached hydrogens (primary N) is 1. The molecule has 4 N–H and O–H groups in total. The monoisotopic (exact) mass is 368 g/mol. The summed E-state index contributed by atoms with van der Waals surface area (Å²) in [6.45, 7) is 8.92. The number of guanidine groups is 1. The normalized spacial score (nSPS) is 13.9. The molecule has 25 heavy (non-hydrogen) atoms. The first-order chi connectivity index (χ1) is 11.7. The predicted molar refractivity (Wildman–Crippen MR) is 104 cm³/mol. The number of nitrogens with zero attached hydrogens (tertiary/aromatic N) is 1. The summed E-state index contributed by atoms with van der Waals surface area (Å²) < 4.78 is 26.8. The molecule has 0 radical (unpaired) electrons. The summed E-state index contributed by atoms with van der Waals surface area (Å²) >= 11 is 0. The van der Waals surface area contributed by atoms with Crippen LogP contribution in [0.25, 0.3) is 0 Å². The van der Waals surface area contributed by atoms with Gasteiger partial charge in [0.25, 0.3) is 0 Å². The zero-order valence-corrected chi connectivity index (χ0v) is 16.6. The molecule has 1 rings (SSSR count). The second kappa shape index (κ2) is 10.4. The van der Waals surface area contributed by atoms with Crippen molar-refractivity contribution in [2.24, 2.45) is 16.6 Å². The van der Waals surface area contributed by atoms with Crippen molar-refractivity contribution in [2.45, 2.75) is 57.9 Å². The van der Waals surface area contributed by atoms with E-state index in [0.29, 0.717) is 18.4 Å². The molecule has 0 aliphatic carbocycles. The van der Waals surface area contributed by atoms with Gasteiger partial charge in [-0.2, -0.15) is 0 Å². The molecule has 1 aromatic rings. The number of rotatable bonds is 10. The zero-order chi connectivity index (χ0) is 18.9. The highest BCUT2D eigenvalue weighted by Crippen LogP contribution is 2.09. The first-order valence-corrected chi connectivity index (χ1v) is 10.3. The van der Waals surface area contributed by atoms with Crippen molar-refractivity contribution in [3.05, 3.63) is 29.8 Å². The van der Waals surface area contributed by atoms with Crippen molar-refractivity contribution in [2.75, 3.05) is 13.1 Å². The lowest BCUT2D eigenvalue weighted by atomic mass is 10.0. The Labute approximate surface area is 152 Å². The molecule has 0 spiro atoms. The van der Waals surface area contributed by atoms with Crippen molar-refractivity contribution in [1.82, 2.24) is 10.0 Å². The fourth-order valence-electron chi connectivity index (χ4n) is 2.36. The zero-order valence-electron chi connectivity index (χ0n) is 15.7. The van der Waals surface area contributed by atoms with Gasteiger partial charge in [0.05, 0.1) is 11.4 Å². The second-order valence-electron chi connectivity index (χ2n) is 6.85. The van der Waals surface area contributed by atoms with E-state index >= 15 is 0 Å². The molecule has 7 heteroatoms. The van der Waals surface area contributed by atoms with Crippen LogP contribution in [0.4, 0.5) is 0 Å². The summed E-state index contributed by atoms with van der Waals surface area (Å²) in [4.78, 5) is 4.43. The van der Waals surface area contributed by atoms with Crippen molar-refractivity contribution < 1.29 is 8.42 Å². The average molecular weight is 369 g/mol. The fourth-order valence-corrected chi connectivity index (χ4v) is 3.38. The van der Waals surface area contributed by atoms with Crippen LogP contribution >= 0.6 is 0 Å². The molecule has 0 saturated carbocycles. The van der Waals surface area contributed by atoms with Crippen LogP contribution in [0.1, 0.15) is 45.6 Å². The van der Waals surface area contributed by atoms with Crippen LogP contribution in [0, 0.1) is 12.8 Å². The Morgan fingerprint density at radius 3 is 2.40 bits per heavy atom. The maximum atomic E-state index is 12.1. The third-order valence-corrected chi connectivity index (χ3v) is 5.31. The van der Waals surface area contributed by atoms with Crippen LogP contribution in [0.5, 0.6) is 0 Å². The Morgan fingerprint density at radius 1 is 1.16 bits per heavy atom. The molecule has 0 bridgehead atoms. The lowest BCUT2D eigenvalue weighted by Crippen LogP contribution is -2.39. The Morgan fingerprint density at radius 2 is 1.80 bits per heavy atom. The summed E-state index contributed by atoms with van der Waals surface area (Å²) in [7, 11) is -3.50. The fraction of sp³-hybridized carbons (Fsp3) is 0.611. The molecule has 1 unspecified atom stereocenters. The average Bonchev–Trinajstić information content (AvgIpc) is 2.51. The minimum Gasteiger partial charge on any atom is -0.370 e.